The molecule has 0 saturated carbocycles. The van der Waals surface area contributed by atoms with Crippen molar-refractivity contribution >= 4 is 5.91 Å². The summed E-state index contributed by atoms with van der Waals surface area (Å²) in [5.74, 6) is 1.66. The van der Waals surface area contributed by atoms with Gasteiger partial charge in [-0.1, -0.05) is 0 Å². The van der Waals surface area contributed by atoms with Crippen LogP contribution in [0.5, 0.6) is 11.5 Å². The first-order valence-corrected chi connectivity index (χ1v) is 8.50. The van der Waals surface area contributed by atoms with E-state index in [1.54, 1.807) is 13.2 Å². The fourth-order valence-electron chi connectivity index (χ4n) is 3.47. The fourth-order valence-corrected chi connectivity index (χ4v) is 3.47. The van der Waals surface area contributed by atoms with Crippen LogP contribution >= 0.6 is 0 Å². The molecule has 0 radical (unpaired) electrons. The summed E-state index contributed by atoms with van der Waals surface area (Å²) in [4.78, 5) is 17.3. The number of ether oxygens (including phenoxy) is 3. The quantitative estimate of drug-likeness (QED) is 0.835. The lowest BCUT2D eigenvalue weighted by atomic mass is 10.1. The second kappa shape index (κ2) is 7.40. The van der Waals surface area contributed by atoms with Crippen LogP contribution in [0.2, 0.25) is 0 Å². The number of hydrogen-bond donors (Lipinski definition) is 0. The summed E-state index contributed by atoms with van der Waals surface area (Å²) in [5.41, 5.74) is 0.638. The van der Waals surface area contributed by atoms with Gasteiger partial charge >= 0.3 is 0 Å². The van der Waals surface area contributed by atoms with Crippen molar-refractivity contribution in [1.29, 1.82) is 0 Å². The summed E-state index contributed by atoms with van der Waals surface area (Å²) in [7, 11) is 3.70. The number of carbonyl (C=O) groups excluding carboxylic acids is 1. The van der Waals surface area contributed by atoms with Gasteiger partial charge in [0.1, 0.15) is 0 Å². The lowest BCUT2D eigenvalue weighted by molar-refractivity contribution is 0.0433. The summed E-state index contributed by atoms with van der Waals surface area (Å²) >= 11 is 0. The van der Waals surface area contributed by atoms with Gasteiger partial charge in [-0.15, -0.1) is 0 Å². The first-order valence-electron chi connectivity index (χ1n) is 8.50. The molecule has 24 heavy (non-hydrogen) atoms. The van der Waals surface area contributed by atoms with Gasteiger partial charge in [-0.25, -0.2) is 0 Å². The van der Waals surface area contributed by atoms with Crippen LogP contribution in [0.15, 0.2) is 18.2 Å². The van der Waals surface area contributed by atoms with Crippen molar-refractivity contribution in [2.45, 2.75) is 13.0 Å². The van der Waals surface area contributed by atoms with Crippen molar-refractivity contribution in [3.05, 3.63) is 23.8 Å². The van der Waals surface area contributed by atoms with E-state index in [0.717, 1.165) is 19.7 Å². The predicted molar refractivity (Wildman–Crippen MR) is 90.8 cm³/mol. The zero-order valence-electron chi connectivity index (χ0n) is 14.7. The minimum atomic E-state index is 0.0450. The Morgan fingerprint density at radius 3 is 2.83 bits per heavy atom. The van der Waals surface area contributed by atoms with E-state index in [4.69, 9.17) is 14.2 Å². The van der Waals surface area contributed by atoms with Crippen molar-refractivity contribution in [2.75, 3.05) is 53.6 Å². The Balaban J connectivity index is 1.81. The monoisotopic (exact) mass is 334 g/mol. The third-order valence-corrected chi connectivity index (χ3v) is 4.74. The predicted octanol–water partition coefficient (Wildman–Crippen LogP) is 1.50. The van der Waals surface area contributed by atoms with Crippen molar-refractivity contribution < 1.29 is 19.0 Å². The number of carbonyl (C=O) groups is 1. The van der Waals surface area contributed by atoms with Crippen LogP contribution in [0.1, 0.15) is 17.3 Å². The van der Waals surface area contributed by atoms with Gasteiger partial charge in [0.05, 0.1) is 33.0 Å². The third kappa shape index (κ3) is 3.49. The highest BCUT2D eigenvalue weighted by molar-refractivity contribution is 5.95. The van der Waals surface area contributed by atoms with Crippen LogP contribution in [0.4, 0.5) is 0 Å². The first kappa shape index (κ1) is 17.0. The Morgan fingerprint density at radius 1 is 1.25 bits per heavy atom. The van der Waals surface area contributed by atoms with E-state index in [-0.39, 0.29) is 11.9 Å². The maximum Gasteiger partial charge on any atom is 0.254 e. The van der Waals surface area contributed by atoms with Gasteiger partial charge < -0.3 is 19.1 Å². The average molecular weight is 334 g/mol. The van der Waals surface area contributed by atoms with Gasteiger partial charge in [-0.3, -0.25) is 9.69 Å². The molecule has 2 bridgehead atoms. The number of methoxy groups -OCH3 is 1. The Kier molecular flexibility index (Phi) is 5.26. The third-order valence-electron chi connectivity index (χ3n) is 4.74. The summed E-state index contributed by atoms with van der Waals surface area (Å²) in [6, 6.07) is 5.65. The van der Waals surface area contributed by atoms with E-state index in [1.807, 2.05) is 24.0 Å². The lowest BCUT2D eigenvalue weighted by Crippen LogP contribution is -2.44. The molecule has 132 valence electrons. The highest BCUT2D eigenvalue weighted by atomic mass is 16.5. The van der Waals surface area contributed by atoms with E-state index in [2.05, 4.69) is 11.9 Å². The fraction of sp³-hybridized carbons (Fsp3) is 0.611. The molecule has 0 unspecified atom stereocenters. The zero-order chi connectivity index (χ0) is 17.1. The standard InChI is InChI=1S/C18H26N2O4/c1-4-24-16-6-5-14(7-17(16)22-3)18(21)20-9-13-8-19(2)15(10-20)12-23-11-13/h5-7,13,15H,4,8-12H2,1-3H3/t13-,15+/m1/s1. The number of nitrogens with zero attached hydrogens (tertiary/aromatic N) is 2. The topological polar surface area (TPSA) is 51.2 Å². The van der Waals surface area contributed by atoms with Crippen LogP contribution in [0.25, 0.3) is 0 Å². The summed E-state index contributed by atoms with van der Waals surface area (Å²) < 4.78 is 16.6. The maximum atomic E-state index is 13.0. The van der Waals surface area contributed by atoms with Gasteiger partial charge in [0.15, 0.2) is 11.5 Å². The van der Waals surface area contributed by atoms with Gasteiger partial charge in [0, 0.05) is 31.1 Å². The lowest BCUT2D eigenvalue weighted by Gasteiger charge is -2.30. The molecule has 0 spiro atoms. The van der Waals surface area contributed by atoms with E-state index in [1.165, 1.54) is 0 Å². The summed E-state index contributed by atoms with van der Waals surface area (Å²) in [5, 5.41) is 0. The van der Waals surface area contributed by atoms with E-state index >= 15 is 0 Å². The number of hydrogen-bond acceptors (Lipinski definition) is 5. The molecule has 0 aliphatic carbocycles. The molecule has 3 rings (SSSR count). The van der Waals surface area contributed by atoms with E-state index in [9.17, 15) is 4.79 Å². The van der Waals surface area contributed by atoms with E-state index in [0.29, 0.717) is 42.7 Å². The second-order valence-electron chi connectivity index (χ2n) is 6.51. The number of amides is 1. The Labute approximate surface area is 143 Å². The van der Waals surface area contributed by atoms with Crippen LogP contribution in [0.3, 0.4) is 0 Å². The number of rotatable bonds is 4. The minimum absolute atomic E-state index is 0.0450. The maximum absolute atomic E-state index is 13.0. The molecule has 0 N–H and O–H groups in total. The Bertz CT molecular complexity index is 592. The SMILES string of the molecule is CCOc1ccc(C(=O)N2C[C@@H]3COC[C@H](C2)N(C)C3)cc1OC. The summed E-state index contributed by atoms with van der Waals surface area (Å²) in [6.07, 6.45) is 0. The average Bonchev–Trinajstić information content (AvgIpc) is 2.83. The molecule has 1 aromatic carbocycles. The molecule has 2 atom stereocenters. The second-order valence-corrected chi connectivity index (χ2v) is 6.51. The molecule has 2 aliphatic rings. The molecule has 2 saturated heterocycles. The molecule has 6 nitrogen and oxygen atoms in total. The zero-order valence-corrected chi connectivity index (χ0v) is 14.7. The molecule has 2 heterocycles. The number of benzene rings is 1. The van der Waals surface area contributed by atoms with Crippen LogP contribution in [0, 0.1) is 5.92 Å². The van der Waals surface area contributed by atoms with Gasteiger partial charge in [-0.05, 0) is 32.2 Å². The highest BCUT2D eigenvalue weighted by Gasteiger charge is 2.33. The van der Waals surface area contributed by atoms with Crippen molar-refractivity contribution in [2.24, 2.45) is 5.92 Å². The van der Waals surface area contributed by atoms with Gasteiger partial charge in [-0.2, -0.15) is 0 Å². The highest BCUT2D eigenvalue weighted by Crippen LogP contribution is 2.29. The van der Waals surface area contributed by atoms with Crippen molar-refractivity contribution in [1.82, 2.24) is 9.80 Å². The normalized spacial score (nSPS) is 24.4. The molecule has 6 heteroatoms. The molecule has 1 amide bonds. The Hall–Kier alpha value is -1.79. The Morgan fingerprint density at radius 2 is 2.08 bits per heavy atom. The number of fused-ring (bicyclic) bond motifs is 3. The molecule has 1 aromatic rings. The largest absolute Gasteiger partial charge is 0.493 e. The number of likely N-dealkylation sites (N-methyl/N-ethyl adjacent to an activating group) is 1. The summed E-state index contributed by atoms with van der Waals surface area (Å²) in [6.45, 7) is 6.29. The first-order chi connectivity index (χ1) is 11.6. The van der Waals surface area contributed by atoms with E-state index < -0.39 is 0 Å². The van der Waals surface area contributed by atoms with Gasteiger partial charge in [0.25, 0.3) is 5.91 Å². The van der Waals surface area contributed by atoms with Crippen molar-refractivity contribution in [3.63, 3.8) is 0 Å². The van der Waals surface area contributed by atoms with Gasteiger partial charge in [0.2, 0.25) is 0 Å². The minimum Gasteiger partial charge on any atom is -0.493 e. The van der Waals surface area contributed by atoms with Crippen LogP contribution in [-0.2, 0) is 4.74 Å². The van der Waals surface area contributed by atoms with Crippen LogP contribution < -0.4 is 9.47 Å². The molecular weight excluding hydrogens is 308 g/mol. The smallest absolute Gasteiger partial charge is 0.254 e. The molecule has 0 aromatic heterocycles. The van der Waals surface area contributed by atoms with Crippen molar-refractivity contribution in [3.8, 4) is 11.5 Å². The molecular formula is C18H26N2O4. The molecule has 2 fully saturated rings. The van der Waals surface area contributed by atoms with Crippen LogP contribution in [-0.4, -0.2) is 75.4 Å². The molecule has 2 aliphatic heterocycles.